The summed E-state index contributed by atoms with van der Waals surface area (Å²) in [4.78, 5) is 15.3. The average molecular weight is 350 g/mol. The van der Waals surface area contributed by atoms with Crippen LogP contribution in [0.3, 0.4) is 0 Å². The summed E-state index contributed by atoms with van der Waals surface area (Å²) in [7, 11) is -3.88. The van der Waals surface area contributed by atoms with E-state index in [-0.39, 0.29) is 24.4 Å². The minimum absolute atomic E-state index is 0.0542. The molecule has 1 saturated heterocycles. The quantitative estimate of drug-likeness (QED) is 0.855. The topological polar surface area (TPSA) is 108 Å². The maximum Gasteiger partial charge on any atom is 0.309 e. The highest BCUT2D eigenvalue weighted by molar-refractivity contribution is 7.89. The summed E-state index contributed by atoms with van der Waals surface area (Å²) < 4.78 is 27.1. The zero-order chi connectivity index (χ0) is 17.5. The molecule has 0 amide bonds. The van der Waals surface area contributed by atoms with Gasteiger partial charge >= 0.3 is 5.97 Å². The van der Waals surface area contributed by atoms with Gasteiger partial charge in [-0.05, 0) is 37.1 Å². The maximum absolute atomic E-state index is 13.0. The van der Waals surface area contributed by atoms with Gasteiger partial charge in [0.2, 0.25) is 10.0 Å². The van der Waals surface area contributed by atoms with E-state index in [9.17, 15) is 18.3 Å². The second-order valence-electron chi connectivity index (χ2n) is 6.00. The number of aliphatic carboxylic acids is 1. The van der Waals surface area contributed by atoms with Crippen molar-refractivity contribution < 1.29 is 23.4 Å². The highest BCUT2D eigenvalue weighted by Gasteiger charge is 2.38. The molecule has 1 aromatic carbocycles. The Morgan fingerprint density at radius 1 is 1.38 bits per heavy atom. The Balaban J connectivity index is 2.02. The summed E-state index contributed by atoms with van der Waals surface area (Å²) in [6, 6.07) is 6.94. The summed E-state index contributed by atoms with van der Waals surface area (Å²) in [6.45, 7) is 1.62. The first-order chi connectivity index (χ1) is 11.3. The first kappa shape index (κ1) is 16.8. The largest absolute Gasteiger partial charge is 0.481 e. The van der Waals surface area contributed by atoms with Crippen LogP contribution >= 0.6 is 0 Å². The molecule has 0 saturated carbocycles. The number of carbonyl (C=O) groups is 1. The van der Waals surface area contributed by atoms with Crippen molar-refractivity contribution in [2.45, 2.75) is 24.3 Å². The average Bonchev–Trinajstić information content (AvgIpc) is 2.53. The van der Waals surface area contributed by atoms with Crippen LogP contribution in [0.15, 0.2) is 35.4 Å². The number of sulfonamides is 1. The lowest BCUT2D eigenvalue weighted by atomic mass is 9.95. The number of hydrogen-bond acceptors (Lipinski definition) is 5. The number of aryl methyl sites for hydroxylation is 1. The maximum atomic E-state index is 13.0. The fourth-order valence-electron chi connectivity index (χ4n) is 3.05. The highest BCUT2D eigenvalue weighted by atomic mass is 32.2. The molecule has 0 aliphatic carbocycles. The molecule has 7 nitrogen and oxygen atoms in total. The van der Waals surface area contributed by atoms with Crippen molar-refractivity contribution in [3.8, 4) is 0 Å². The van der Waals surface area contributed by atoms with Crippen LogP contribution in [-0.4, -0.2) is 53.1 Å². The Bertz CT molecular complexity index is 896. The molecule has 0 unspecified atom stereocenters. The number of carboxylic acid groups (broad SMARTS) is 1. The van der Waals surface area contributed by atoms with E-state index >= 15 is 0 Å². The number of nitrogens with zero attached hydrogens (tertiary/aromatic N) is 2. The lowest BCUT2D eigenvalue weighted by Gasteiger charge is -2.33. The Hall–Kier alpha value is -2.03. The predicted octanol–water partition coefficient (Wildman–Crippen LogP) is 0.999. The Kier molecular flexibility index (Phi) is 4.29. The molecule has 24 heavy (non-hydrogen) atoms. The number of aliphatic hydroxyl groups excluding tert-OH is 1. The first-order valence-corrected chi connectivity index (χ1v) is 9.01. The van der Waals surface area contributed by atoms with E-state index in [0.717, 1.165) is 15.3 Å². The summed E-state index contributed by atoms with van der Waals surface area (Å²) >= 11 is 0. The van der Waals surface area contributed by atoms with E-state index in [0.29, 0.717) is 5.52 Å². The molecule has 0 bridgehead atoms. The first-order valence-electron chi connectivity index (χ1n) is 7.57. The van der Waals surface area contributed by atoms with Crippen LogP contribution in [0.25, 0.3) is 10.9 Å². The van der Waals surface area contributed by atoms with Crippen molar-refractivity contribution in [1.82, 2.24) is 9.29 Å². The molecule has 8 heteroatoms. The number of pyridine rings is 1. The normalized spacial score (nSPS) is 22.6. The molecule has 2 heterocycles. The number of fused-ring (bicyclic) bond motifs is 1. The van der Waals surface area contributed by atoms with Gasteiger partial charge in [-0.2, -0.15) is 4.31 Å². The number of benzene rings is 1. The summed E-state index contributed by atoms with van der Waals surface area (Å²) in [5.74, 6) is -2.05. The van der Waals surface area contributed by atoms with Crippen LogP contribution in [0.4, 0.5) is 0 Å². The molecule has 2 aromatic rings. The van der Waals surface area contributed by atoms with Crippen molar-refractivity contribution in [2.75, 3.05) is 13.1 Å². The van der Waals surface area contributed by atoms with E-state index in [4.69, 9.17) is 5.11 Å². The van der Waals surface area contributed by atoms with Gasteiger partial charge < -0.3 is 10.2 Å². The van der Waals surface area contributed by atoms with Gasteiger partial charge in [0.15, 0.2) is 0 Å². The van der Waals surface area contributed by atoms with E-state index in [1.54, 1.807) is 25.1 Å². The molecule has 0 radical (unpaired) electrons. The van der Waals surface area contributed by atoms with Crippen LogP contribution < -0.4 is 0 Å². The molecule has 1 aliphatic rings. The lowest BCUT2D eigenvalue weighted by molar-refractivity contribution is -0.147. The van der Waals surface area contributed by atoms with Gasteiger partial charge in [0, 0.05) is 24.7 Å². The Labute approximate surface area is 139 Å². The van der Waals surface area contributed by atoms with Crippen LogP contribution in [0.5, 0.6) is 0 Å². The number of aliphatic hydroxyl groups is 1. The number of β-amino-alcohol motifs (C(OH)–C–C–N with tert-alkyl or cyclic N) is 1. The highest BCUT2D eigenvalue weighted by Crippen LogP contribution is 2.29. The number of hydrogen-bond donors (Lipinski definition) is 2. The van der Waals surface area contributed by atoms with Gasteiger partial charge in [-0.15, -0.1) is 0 Å². The van der Waals surface area contributed by atoms with Crippen molar-refractivity contribution >= 4 is 26.9 Å². The summed E-state index contributed by atoms with van der Waals surface area (Å²) in [6.07, 6.45) is 0.379. The van der Waals surface area contributed by atoms with E-state index in [1.165, 1.54) is 6.20 Å². The second kappa shape index (κ2) is 6.12. The number of piperidine rings is 1. The molecule has 1 aromatic heterocycles. The smallest absolute Gasteiger partial charge is 0.309 e. The Morgan fingerprint density at radius 2 is 2.12 bits per heavy atom. The van der Waals surface area contributed by atoms with Crippen molar-refractivity contribution in [1.29, 1.82) is 0 Å². The van der Waals surface area contributed by atoms with Crippen LogP contribution in [0, 0.1) is 12.8 Å². The van der Waals surface area contributed by atoms with Crippen LogP contribution in [-0.2, 0) is 14.8 Å². The second-order valence-corrected chi connectivity index (χ2v) is 7.91. The van der Waals surface area contributed by atoms with Gasteiger partial charge in [-0.1, -0.05) is 6.07 Å². The lowest BCUT2D eigenvalue weighted by Crippen LogP contribution is -2.48. The van der Waals surface area contributed by atoms with Crippen molar-refractivity contribution in [3.05, 3.63) is 36.0 Å². The molecule has 1 aliphatic heterocycles. The SMILES string of the molecule is Cc1cc(S(=O)(=O)N2CC[C@H](C(=O)O)[C@H](O)C2)c2ncccc2c1. The van der Waals surface area contributed by atoms with Gasteiger partial charge in [0.1, 0.15) is 4.90 Å². The number of aromatic nitrogens is 1. The predicted molar refractivity (Wildman–Crippen MR) is 87.0 cm³/mol. The Morgan fingerprint density at radius 3 is 2.79 bits per heavy atom. The third-order valence-corrected chi connectivity index (χ3v) is 6.17. The zero-order valence-electron chi connectivity index (χ0n) is 13.1. The monoisotopic (exact) mass is 350 g/mol. The molecule has 2 N–H and O–H groups in total. The molecule has 2 atom stereocenters. The van der Waals surface area contributed by atoms with E-state index < -0.39 is 28.0 Å². The van der Waals surface area contributed by atoms with Crippen molar-refractivity contribution in [2.24, 2.45) is 5.92 Å². The number of carboxylic acids is 1. The molecule has 3 rings (SSSR count). The summed E-state index contributed by atoms with van der Waals surface area (Å²) in [5.41, 5.74) is 1.16. The van der Waals surface area contributed by atoms with Gasteiger partial charge in [-0.25, -0.2) is 8.42 Å². The standard InChI is InChI=1S/C16H18N2O5S/c1-10-7-11-3-2-5-17-15(11)14(8-10)24(22,23)18-6-4-12(16(20)21)13(19)9-18/h2-3,5,7-8,12-13,19H,4,6,9H2,1H3,(H,20,21)/t12-,13+/m0/s1. The van der Waals surface area contributed by atoms with E-state index in [1.807, 2.05) is 6.07 Å². The van der Waals surface area contributed by atoms with E-state index in [2.05, 4.69) is 4.98 Å². The molecule has 1 fully saturated rings. The van der Waals surface area contributed by atoms with Crippen LogP contribution in [0.1, 0.15) is 12.0 Å². The minimum Gasteiger partial charge on any atom is -0.481 e. The fourth-order valence-corrected chi connectivity index (χ4v) is 4.77. The molecular weight excluding hydrogens is 332 g/mol. The van der Waals surface area contributed by atoms with Gasteiger partial charge in [0.25, 0.3) is 0 Å². The molecular formula is C16H18N2O5S. The minimum atomic E-state index is -3.88. The van der Waals surface area contributed by atoms with Gasteiger partial charge in [-0.3, -0.25) is 9.78 Å². The fraction of sp³-hybridized carbons (Fsp3) is 0.375. The third-order valence-electron chi connectivity index (χ3n) is 4.29. The molecule has 128 valence electrons. The third kappa shape index (κ3) is 2.88. The number of rotatable bonds is 3. The zero-order valence-corrected chi connectivity index (χ0v) is 13.9. The van der Waals surface area contributed by atoms with Crippen molar-refractivity contribution in [3.63, 3.8) is 0 Å². The molecule has 0 spiro atoms. The summed E-state index contributed by atoms with van der Waals surface area (Å²) in [5, 5.41) is 19.8. The van der Waals surface area contributed by atoms with Gasteiger partial charge in [0.05, 0.1) is 17.5 Å². The van der Waals surface area contributed by atoms with Crippen LogP contribution in [0.2, 0.25) is 0 Å².